The molecule has 1 N–H and O–H groups in total. The van der Waals surface area contributed by atoms with Crippen LogP contribution in [-0.4, -0.2) is 54.0 Å². The van der Waals surface area contributed by atoms with Crippen molar-refractivity contribution >= 4 is 17.7 Å². The van der Waals surface area contributed by atoms with Gasteiger partial charge in [0.1, 0.15) is 12.1 Å². The summed E-state index contributed by atoms with van der Waals surface area (Å²) in [6, 6.07) is 2.40. The molecule has 27 heavy (non-hydrogen) atoms. The molecule has 1 saturated heterocycles. The molecular formula is C17H20F3N5O2. The number of amides is 1. The standard InChI is InChI=1S/C17H20F3N5O2/c1-24(2)14-9-13(17(18,19)20)22-16(23-14)21-12-3-6-25(7-4-12)15(26)11-5-8-27-10-11/h5,8-10,12H,3-4,6-7H2,1-2H3,(H,21,22,23). The molecule has 0 aliphatic carbocycles. The highest BCUT2D eigenvalue weighted by Crippen LogP contribution is 2.30. The zero-order valence-corrected chi connectivity index (χ0v) is 15.0. The Balaban J connectivity index is 1.66. The summed E-state index contributed by atoms with van der Waals surface area (Å²) >= 11 is 0. The first kappa shape index (κ1) is 19.0. The maximum Gasteiger partial charge on any atom is 0.433 e. The summed E-state index contributed by atoms with van der Waals surface area (Å²) in [5.74, 6) is -0.00653. The molecule has 146 valence electrons. The van der Waals surface area contributed by atoms with Crippen molar-refractivity contribution in [3.63, 3.8) is 0 Å². The van der Waals surface area contributed by atoms with Crippen LogP contribution in [0.4, 0.5) is 24.9 Å². The molecule has 10 heteroatoms. The van der Waals surface area contributed by atoms with Crippen LogP contribution in [0, 0.1) is 0 Å². The van der Waals surface area contributed by atoms with Crippen LogP contribution in [0.2, 0.25) is 0 Å². The predicted molar refractivity (Wildman–Crippen MR) is 92.6 cm³/mol. The summed E-state index contributed by atoms with van der Waals surface area (Å²) < 4.78 is 44.2. The number of carbonyl (C=O) groups is 1. The Morgan fingerprint density at radius 1 is 1.30 bits per heavy atom. The number of hydrogen-bond donors (Lipinski definition) is 1. The van der Waals surface area contributed by atoms with E-state index >= 15 is 0 Å². The van der Waals surface area contributed by atoms with E-state index in [1.54, 1.807) is 25.1 Å². The fourth-order valence-corrected chi connectivity index (χ4v) is 2.85. The van der Waals surface area contributed by atoms with Gasteiger partial charge in [-0.15, -0.1) is 0 Å². The number of nitrogens with one attached hydrogen (secondary N) is 1. The van der Waals surface area contributed by atoms with Gasteiger partial charge in [0.2, 0.25) is 5.95 Å². The van der Waals surface area contributed by atoms with Crippen molar-refractivity contribution in [2.24, 2.45) is 0 Å². The molecule has 0 saturated carbocycles. The molecule has 1 fully saturated rings. The van der Waals surface area contributed by atoms with Gasteiger partial charge in [-0.2, -0.15) is 18.2 Å². The summed E-state index contributed by atoms with van der Waals surface area (Å²) in [4.78, 5) is 23.2. The van der Waals surface area contributed by atoms with E-state index in [-0.39, 0.29) is 23.7 Å². The first-order chi connectivity index (χ1) is 12.7. The monoisotopic (exact) mass is 383 g/mol. The topological polar surface area (TPSA) is 74.5 Å². The highest BCUT2D eigenvalue weighted by Gasteiger charge is 2.34. The van der Waals surface area contributed by atoms with Crippen LogP contribution in [-0.2, 0) is 6.18 Å². The number of halogens is 3. The Morgan fingerprint density at radius 3 is 2.56 bits per heavy atom. The Kier molecular flexibility index (Phi) is 5.24. The molecule has 0 spiro atoms. The number of anilines is 2. The molecule has 7 nitrogen and oxygen atoms in total. The van der Waals surface area contributed by atoms with Crippen molar-refractivity contribution < 1.29 is 22.4 Å². The van der Waals surface area contributed by atoms with Gasteiger partial charge in [-0.1, -0.05) is 0 Å². The van der Waals surface area contributed by atoms with Crippen molar-refractivity contribution in [1.82, 2.24) is 14.9 Å². The van der Waals surface area contributed by atoms with Crippen molar-refractivity contribution in [3.05, 3.63) is 35.9 Å². The number of hydrogen-bond acceptors (Lipinski definition) is 6. The van der Waals surface area contributed by atoms with E-state index in [0.717, 1.165) is 6.07 Å². The largest absolute Gasteiger partial charge is 0.472 e. The molecule has 1 aliphatic heterocycles. The van der Waals surface area contributed by atoms with Crippen molar-refractivity contribution in [2.45, 2.75) is 25.1 Å². The van der Waals surface area contributed by atoms with Gasteiger partial charge in [-0.25, -0.2) is 4.98 Å². The SMILES string of the molecule is CN(C)c1cc(C(F)(F)F)nc(NC2CCN(C(=O)c3ccoc3)CC2)n1. The lowest BCUT2D eigenvalue weighted by molar-refractivity contribution is -0.141. The fourth-order valence-electron chi connectivity index (χ4n) is 2.85. The minimum absolute atomic E-state index is 0.0619. The lowest BCUT2D eigenvalue weighted by Crippen LogP contribution is -2.42. The Morgan fingerprint density at radius 2 is 2.00 bits per heavy atom. The highest BCUT2D eigenvalue weighted by atomic mass is 19.4. The van der Waals surface area contributed by atoms with Crippen LogP contribution in [0.15, 0.2) is 29.1 Å². The smallest absolute Gasteiger partial charge is 0.433 e. The summed E-state index contributed by atoms with van der Waals surface area (Å²) in [5, 5.41) is 2.98. The normalized spacial score (nSPS) is 15.7. The van der Waals surface area contributed by atoms with Crippen LogP contribution >= 0.6 is 0 Å². The summed E-state index contributed by atoms with van der Waals surface area (Å²) in [5.41, 5.74) is -0.505. The minimum atomic E-state index is -4.55. The molecule has 0 atom stereocenters. The minimum Gasteiger partial charge on any atom is -0.472 e. The number of likely N-dealkylation sites (tertiary alicyclic amines) is 1. The number of alkyl halides is 3. The quantitative estimate of drug-likeness (QED) is 0.875. The number of furan rings is 1. The molecule has 2 aromatic heterocycles. The van der Waals surface area contributed by atoms with E-state index in [2.05, 4.69) is 15.3 Å². The molecule has 1 amide bonds. The molecule has 0 unspecified atom stereocenters. The highest BCUT2D eigenvalue weighted by molar-refractivity contribution is 5.93. The maximum atomic E-state index is 13.1. The molecule has 0 bridgehead atoms. The van der Waals surface area contributed by atoms with Gasteiger partial charge in [0.15, 0.2) is 5.69 Å². The molecule has 0 radical (unpaired) electrons. The van der Waals surface area contributed by atoms with E-state index in [1.807, 2.05) is 0 Å². The molecule has 1 aliphatic rings. The number of piperidine rings is 1. The van der Waals surface area contributed by atoms with E-state index in [9.17, 15) is 18.0 Å². The zero-order valence-electron chi connectivity index (χ0n) is 15.0. The second-order valence-corrected chi connectivity index (χ2v) is 6.55. The van der Waals surface area contributed by atoms with Crippen molar-refractivity contribution in [3.8, 4) is 0 Å². The van der Waals surface area contributed by atoms with Gasteiger partial charge in [0.05, 0.1) is 11.8 Å². The van der Waals surface area contributed by atoms with Gasteiger partial charge in [0, 0.05) is 39.3 Å². The summed E-state index contributed by atoms with van der Waals surface area (Å²) in [6.07, 6.45) is -0.549. The second kappa shape index (κ2) is 7.45. The number of aromatic nitrogens is 2. The Hall–Kier alpha value is -2.78. The van der Waals surface area contributed by atoms with Gasteiger partial charge in [-0.05, 0) is 18.9 Å². The molecule has 3 heterocycles. The average Bonchev–Trinajstić information content (AvgIpc) is 3.15. The summed E-state index contributed by atoms with van der Waals surface area (Å²) in [6.45, 7) is 0.975. The van der Waals surface area contributed by atoms with Crippen molar-refractivity contribution in [2.75, 3.05) is 37.4 Å². The van der Waals surface area contributed by atoms with Crippen molar-refractivity contribution in [1.29, 1.82) is 0 Å². The second-order valence-electron chi connectivity index (χ2n) is 6.55. The van der Waals surface area contributed by atoms with E-state index in [4.69, 9.17) is 4.42 Å². The lowest BCUT2D eigenvalue weighted by atomic mass is 10.0. The van der Waals surface area contributed by atoms with Crippen LogP contribution < -0.4 is 10.2 Å². The molecule has 2 aromatic rings. The summed E-state index contributed by atoms with van der Waals surface area (Å²) in [7, 11) is 3.23. The van der Waals surface area contributed by atoms with Crippen LogP contribution in [0.1, 0.15) is 28.9 Å². The average molecular weight is 383 g/mol. The van der Waals surface area contributed by atoms with Gasteiger partial charge in [-0.3, -0.25) is 4.79 Å². The third kappa shape index (κ3) is 4.50. The van der Waals surface area contributed by atoms with E-state index in [0.29, 0.717) is 31.5 Å². The molecule has 3 rings (SSSR count). The number of nitrogens with zero attached hydrogens (tertiary/aromatic N) is 4. The van der Waals surface area contributed by atoms with Gasteiger partial charge < -0.3 is 19.5 Å². The Bertz CT molecular complexity index is 784. The van der Waals surface area contributed by atoms with Gasteiger partial charge >= 0.3 is 6.18 Å². The zero-order chi connectivity index (χ0) is 19.6. The van der Waals surface area contributed by atoms with Gasteiger partial charge in [0.25, 0.3) is 5.91 Å². The first-order valence-electron chi connectivity index (χ1n) is 8.45. The predicted octanol–water partition coefficient (Wildman–Crippen LogP) is 2.87. The van der Waals surface area contributed by atoms with Crippen LogP contribution in [0.25, 0.3) is 0 Å². The Labute approximate surface area is 154 Å². The number of carbonyl (C=O) groups excluding carboxylic acids is 1. The maximum absolute atomic E-state index is 13.1. The van der Waals surface area contributed by atoms with E-state index < -0.39 is 11.9 Å². The molecule has 0 aromatic carbocycles. The molecular weight excluding hydrogens is 363 g/mol. The fraction of sp³-hybridized carbons (Fsp3) is 0.471. The van der Waals surface area contributed by atoms with Crippen LogP contribution in [0.3, 0.4) is 0 Å². The first-order valence-corrected chi connectivity index (χ1v) is 8.45. The lowest BCUT2D eigenvalue weighted by Gasteiger charge is -2.32. The van der Waals surface area contributed by atoms with E-state index in [1.165, 1.54) is 17.4 Å². The number of rotatable bonds is 4. The third-order valence-corrected chi connectivity index (χ3v) is 4.34. The van der Waals surface area contributed by atoms with Crippen LogP contribution in [0.5, 0.6) is 0 Å². The third-order valence-electron chi connectivity index (χ3n) is 4.34.